The SMILES string of the molecule is COC(=O)C[C@@H](c1cc(OC)c(OC(C)=O)c(OC)c1)c1oc(C)cc(=O)c1O. The van der Waals surface area contributed by atoms with Crippen LogP contribution in [0.3, 0.4) is 0 Å². The van der Waals surface area contributed by atoms with Crippen molar-refractivity contribution in [3.8, 4) is 23.0 Å². The summed E-state index contributed by atoms with van der Waals surface area (Å²) >= 11 is 0. The van der Waals surface area contributed by atoms with E-state index in [0.717, 1.165) is 6.07 Å². The molecule has 0 aliphatic heterocycles. The Morgan fingerprint density at radius 1 is 1.10 bits per heavy atom. The summed E-state index contributed by atoms with van der Waals surface area (Å²) in [4.78, 5) is 35.5. The Bertz CT molecular complexity index is 949. The van der Waals surface area contributed by atoms with Crippen molar-refractivity contribution >= 4 is 11.9 Å². The predicted molar refractivity (Wildman–Crippen MR) is 101 cm³/mol. The summed E-state index contributed by atoms with van der Waals surface area (Å²) in [5.74, 6) is -2.19. The third kappa shape index (κ3) is 4.87. The van der Waals surface area contributed by atoms with Crippen LogP contribution in [0, 0.1) is 6.92 Å². The van der Waals surface area contributed by atoms with Gasteiger partial charge >= 0.3 is 11.9 Å². The molecule has 0 radical (unpaired) electrons. The number of aryl methyl sites for hydroxylation is 1. The monoisotopic (exact) mass is 406 g/mol. The van der Waals surface area contributed by atoms with Gasteiger partial charge in [0.25, 0.3) is 0 Å². The smallest absolute Gasteiger partial charge is 0.308 e. The molecule has 1 atom stereocenters. The number of rotatable bonds is 7. The number of ether oxygens (including phenoxy) is 4. The second kappa shape index (κ2) is 9.13. The Hall–Kier alpha value is -3.49. The topological polar surface area (TPSA) is 122 Å². The van der Waals surface area contributed by atoms with E-state index in [0.29, 0.717) is 5.56 Å². The highest BCUT2D eigenvalue weighted by molar-refractivity contribution is 5.74. The van der Waals surface area contributed by atoms with E-state index in [1.807, 2.05) is 0 Å². The second-order valence-electron chi connectivity index (χ2n) is 6.12. The van der Waals surface area contributed by atoms with E-state index in [9.17, 15) is 19.5 Å². The maximum atomic E-state index is 12.0. The molecule has 2 rings (SSSR count). The predicted octanol–water partition coefficient (Wildman–Crippen LogP) is 2.29. The number of carbonyl (C=O) groups is 2. The first-order chi connectivity index (χ1) is 13.7. The molecule has 29 heavy (non-hydrogen) atoms. The lowest BCUT2D eigenvalue weighted by Gasteiger charge is -2.20. The van der Waals surface area contributed by atoms with E-state index in [-0.39, 0.29) is 35.2 Å². The summed E-state index contributed by atoms with van der Waals surface area (Å²) in [6.45, 7) is 2.77. The van der Waals surface area contributed by atoms with E-state index in [2.05, 4.69) is 0 Å². The zero-order chi connectivity index (χ0) is 21.7. The zero-order valence-corrected chi connectivity index (χ0v) is 16.7. The number of carbonyl (C=O) groups excluding carboxylic acids is 2. The number of methoxy groups -OCH3 is 3. The highest BCUT2D eigenvalue weighted by Crippen LogP contribution is 2.43. The minimum Gasteiger partial charge on any atom is -0.502 e. The van der Waals surface area contributed by atoms with Crippen LogP contribution in [0.4, 0.5) is 0 Å². The Morgan fingerprint density at radius 2 is 1.69 bits per heavy atom. The number of benzene rings is 1. The maximum Gasteiger partial charge on any atom is 0.308 e. The molecule has 9 heteroatoms. The number of hydrogen-bond donors (Lipinski definition) is 1. The summed E-state index contributed by atoms with van der Waals surface area (Å²) in [6, 6.07) is 4.13. The summed E-state index contributed by atoms with van der Waals surface area (Å²) in [5, 5.41) is 10.3. The third-order valence-corrected chi connectivity index (χ3v) is 4.12. The van der Waals surface area contributed by atoms with Gasteiger partial charge in [-0.3, -0.25) is 14.4 Å². The first-order valence-electron chi connectivity index (χ1n) is 8.56. The van der Waals surface area contributed by atoms with Gasteiger partial charge in [-0.25, -0.2) is 0 Å². The van der Waals surface area contributed by atoms with E-state index in [4.69, 9.17) is 23.4 Å². The molecular formula is C20H22O9. The van der Waals surface area contributed by atoms with Gasteiger partial charge in [-0.05, 0) is 24.6 Å². The van der Waals surface area contributed by atoms with Crippen LogP contribution in [-0.4, -0.2) is 38.4 Å². The molecule has 0 unspecified atom stereocenters. The lowest BCUT2D eigenvalue weighted by Crippen LogP contribution is -2.14. The van der Waals surface area contributed by atoms with E-state index < -0.39 is 29.0 Å². The van der Waals surface area contributed by atoms with Crippen molar-refractivity contribution in [1.82, 2.24) is 0 Å². The molecule has 0 bridgehead atoms. The molecule has 1 N–H and O–H groups in total. The zero-order valence-electron chi connectivity index (χ0n) is 16.7. The first kappa shape index (κ1) is 21.8. The Balaban J connectivity index is 2.73. The fourth-order valence-corrected chi connectivity index (χ4v) is 2.82. The molecular weight excluding hydrogens is 384 g/mol. The minimum atomic E-state index is -0.899. The van der Waals surface area contributed by atoms with Crippen molar-refractivity contribution in [2.75, 3.05) is 21.3 Å². The van der Waals surface area contributed by atoms with Crippen LogP contribution in [-0.2, 0) is 14.3 Å². The van der Waals surface area contributed by atoms with E-state index >= 15 is 0 Å². The summed E-state index contributed by atoms with van der Waals surface area (Å²) < 4.78 is 26.1. The van der Waals surface area contributed by atoms with Crippen LogP contribution in [0.5, 0.6) is 23.0 Å². The van der Waals surface area contributed by atoms with Gasteiger partial charge in [0.05, 0.1) is 33.7 Å². The number of hydrogen-bond acceptors (Lipinski definition) is 9. The largest absolute Gasteiger partial charge is 0.502 e. The van der Waals surface area contributed by atoms with Crippen LogP contribution >= 0.6 is 0 Å². The van der Waals surface area contributed by atoms with Crippen LogP contribution < -0.4 is 19.6 Å². The van der Waals surface area contributed by atoms with Gasteiger partial charge < -0.3 is 28.5 Å². The fraction of sp³-hybridized carbons (Fsp3) is 0.350. The molecule has 0 saturated carbocycles. The van der Waals surface area contributed by atoms with Gasteiger partial charge in [0, 0.05) is 13.0 Å². The lowest BCUT2D eigenvalue weighted by atomic mass is 9.91. The van der Waals surface area contributed by atoms with Crippen LogP contribution in [0.25, 0.3) is 0 Å². The number of aromatic hydroxyl groups is 1. The summed E-state index contributed by atoms with van der Waals surface area (Å²) in [6.07, 6.45) is -0.240. The average Bonchev–Trinajstić information content (AvgIpc) is 2.68. The molecule has 0 amide bonds. The molecule has 0 aliphatic carbocycles. The highest BCUT2D eigenvalue weighted by Gasteiger charge is 2.29. The van der Waals surface area contributed by atoms with Crippen molar-refractivity contribution in [2.24, 2.45) is 0 Å². The molecule has 1 heterocycles. The summed E-state index contributed by atoms with van der Waals surface area (Å²) in [5.41, 5.74) is -0.238. The van der Waals surface area contributed by atoms with Crippen LogP contribution in [0.1, 0.15) is 36.3 Å². The van der Waals surface area contributed by atoms with Gasteiger partial charge in [-0.15, -0.1) is 0 Å². The first-order valence-corrected chi connectivity index (χ1v) is 8.56. The minimum absolute atomic E-state index is 0.0537. The molecule has 0 fully saturated rings. The number of esters is 2. The van der Waals surface area contributed by atoms with Gasteiger partial charge in [-0.1, -0.05) is 0 Å². The van der Waals surface area contributed by atoms with Gasteiger partial charge in [0.15, 0.2) is 17.3 Å². The van der Waals surface area contributed by atoms with E-state index in [1.54, 1.807) is 6.92 Å². The molecule has 0 aliphatic rings. The van der Waals surface area contributed by atoms with Gasteiger partial charge in [0.1, 0.15) is 5.76 Å². The molecule has 2 aromatic rings. The van der Waals surface area contributed by atoms with Crippen molar-refractivity contribution in [3.63, 3.8) is 0 Å². The molecule has 156 valence electrons. The van der Waals surface area contributed by atoms with Crippen molar-refractivity contribution < 1.29 is 38.1 Å². The average molecular weight is 406 g/mol. The second-order valence-corrected chi connectivity index (χ2v) is 6.12. The molecule has 0 spiro atoms. The molecule has 1 aromatic heterocycles. The van der Waals surface area contributed by atoms with Gasteiger partial charge in [-0.2, -0.15) is 0 Å². The molecule has 9 nitrogen and oxygen atoms in total. The lowest BCUT2D eigenvalue weighted by molar-refractivity contribution is -0.141. The Morgan fingerprint density at radius 3 is 2.17 bits per heavy atom. The Kier molecular flexibility index (Phi) is 6.87. The highest BCUT2D eigenvalue weighted by atomic mass is 16.6. The van der Waals surface area contributed by atoms with Crippen molar-refractivity contribution in [1.29, 1.82) is 0 Å². The van der Waals surface area contributed by atoms with Crippen molar-refractivity contribution in [3.05, 3.63) is 45.5 Å². The Labute approximate surface area is 166 Å². The third-order valence-electron chi connectivity index (χ3n) is 4.12. The van der Waals surface area contributed by atoms with E-state index in [1.165, 1.54) is 40.4 Å². The van der Waals surface area contributed by atoms with Gasteiger partial charge in [0.2, 0.25) is 16.9 Å². The standard InChI is InChI=1S/C20H22O9/c1-10-6-14(22)18(24)19(28-10)13(9-17(23)27-5)12-7-15(25-3)20(29-11(2)21)16(8-12)26-4/h6-8,13,24H,9H2,1-5H3/t13-/m0/s1. The fourth-order valence-electron chi connectivity index (χ4n) is 2.82. The van der Waals surface area contributed by atoms with Crippen LogP contribution in [0.2, 0.25) is 0 Å². The van der Waals surface area contributed by atoms with Crippen LogP contribution in [0.15, 0.2) is 27.4 Å². The normalized spacial score (nSPS) is 11.5. The molecule has 0 saturated heterocycles. The maximum absolute atomic E-state index is 12.0. The molecule has 1 aromatic carbocycles. The van der Waals surface area contributed by atoms with Crippen molar-refractivity contribution in [2.45, 2.75) is 26.2 Å². The quantitative estimate of drug-likeness (QED) is 0.545. The summed E-state index contributed by atoms with van der Waals surface area (Å²) in [7, 11) is 3.95.